The van der Waals surface area contributed by atoms with Gasteiger partial charge in [-0.25, -0.2) is 5.01 Å². The molecule has 2 heterocycles. The van der Waals surface area contributed by atoms with Crippen LogP contribution in [0.5, 0.6) is 0 Å². The molecule has 2 aromatic carbocycles. The number of hydrogen-bond acceptors (Lipinski definition) is 5. The first-order valence-corrected chi connectivity index (χ1v) is 12.3. The summed E-state index contributed by atoms with van der Waals surface area (Å²) in [6.45, 7) is 2.46. The third kappa shape index (κ3) is 5.38. The van der Waals surface area contributed by atoms with Crippen molar-refractivity contribution in [1.82, 2.24) is 9.91 Å². The Morgan fingerprint density at radius 1 is 1.15 bits per heavy atom. The molecular weight excluding hydrogens is 470 g/mol. The lowest BCUT2D eigenvalue weighted by Crippen LogP contribution is -2.42. The van der Waals surface area contributed by atoms with Crippen LogP contribution in [0.3, 0.4) is 0 Å². The maximum absolute atomic E-state index is 13.6. The van der Waals surface area contributed by atoms with E-state index in [1.54, 1.807) is 42.7 Å². The highest BCUT2D eigenvalue weighted by Gasteiger charge is 2.35. The molecule has 1 aromatic heterocycles. The van der Waals surface area contributed by atoms with Crippen LogP contribution < -0.4 is 0 Å². The predicted octanol–water partition coefficient (Wildman–Crippen LogP) is 5.18. The Balaban J connectivity index is 1.61. The second-order valence-electron chi connectivity index (χ2n) is 8.09. The van der Waals surface area contributed by atoms with Crippen LogP contribution >= 0.6 is 22.9 Å². The number of hydrazone groups is 1. The molecule has 0 bridgehead atoms. The normalized spacial score (nSPS) is 15.3. The molecule has 0 fully saturated rings. The van der Waals surface area contributed by atoms with E-state index in [1.807, 2.05) is 48.7 Å². The average Bonchev–Trinajstić information content (AvgIpc) is 3.52. The Morgan fingerprint density at radius 2 is 1.91 bits per heavy atom. The van der Waals surface area contributed by atoms with Gasteiger partial charge in [0.2, 0.25) is 0 Å². The molecule has 34 heavy (non-hydrogen) atoms. The molecule has 1 atom stereocenters. The van der Waals surface area contributed by atoms with Crippen molar-refractivity contribution >= 4 is 40.5 Å². The second kappa shape index (κ2) is 11.0. The largest absolute Gasteiger partial charge is 0.383 e. The summed E-state index contributed by atoms with van der Waals surface area (Å²) in [6.07, 6.45) is 0.617. The number of methoxy groups -OCH3 is 1. The molecule has 0 saturated heterocycles. The van der Waals surface area contributed by atoms with Crippen molar-refractivity contribution in [2.75, 3.05) is 26.8 Å². The molecule has 0 aliphatic carbocycles. The van der Waals surface area contributed by atoms with Gasteiger partial charge in [0.15, 0.2) is 0 Å². The van der Waals surface area contributed by atoms with Gasteiger partial charge in [0, 0.05) is 20.1 Å². The van der Waals surface area contributed by atoms with Crippen LogP contribution in [0, 0.1) is 6.92 Å². The molecule has 1 aliphatic heterocycles. The number of hydrogen-bond donors (Lipinski definition) is 0. The summed E-state index contributed by atoms with van der Waals surface area (Å²) < 4.78 is 5.19. The molecule has 3 aromatic rings. The van der Waals surface area contributed by atoms with E-state index in [9.17, 15) is 9.59 Å². The van der Waals surface area contributed by atoms with E-state index in [1.165, 1.54) is 9.91 Å². The molecule has 6 nitrogen and oxygen atoms in total. The monoisotopic (exact) mass is 495 g/mol. The third-order valence-corrected chi connectivity index (χ3v) is 6.96. The first kappa shape index (κ1) is 24.1. The number of carbonyl (C=O) groups excluding carboxylic acids is 2. The fourth-order valence-corrected chi connectivity index (χ4v) is 4.81. The van der Waals surface area contributed by atoms with Crippen molar-refractivity contribution in [1.29, 1.82) is 0 Å². The number of amides is 2. The van der Waals surface area contributed by atoms with Gasteiger partial charge in [0.05, 0.1) is 33.8 Å². The van der Waals surface area contributed by atoms with Gasteiger partial charge in [-0.3, -0.25) is 9.59 Å². The minimum atomic E-state index is -0.315. The lowest BCUT2D eigenvalue weighted by Gasteiger charge is -2.27. The fraction of sp³-hybridized carbons (Fsp3) is 0.269. The van der Waals surface area contributed by atoms with Crippen molar-refractivity contribution in [2.24, 2.45) is 5.10 Å². The number of rotatable bonds is 8. The second-order valence-corrected chi connectivity index (χ2v) is 9.45. The SMILES string of the molecule is COCCN(CC(=O)N1N=C(c2cccs2)C[C@@H]1c1ccc(C)cc1)C(=O)c1ccccc1Cl. The topological polar surface area (TPSA) is 62.2 Å². The molecular formula is C26H26ClN3O3S. The van der Waals surface area contributed by atoms with Gasteiger partial charge in [-0.1, -0.05) is 59.6 Å². The van der Waals surface area contributed by atoms with Gasteiger partial charge in [-0.05, 0) is 36.1 Å². The minimum absolute atomic E-state index is 0.128. The van der Waals surface area contributed by atoms with Crippen LogP contribution in [0.25, 0.3) is 0 Å². The summed E-state index contributed by atoms with van der Waals surface area (Å²) in [5, 5.41) is 8.58. The predicted molar refractivity (Wildman–Crippen MR) is 135 cm³/mol. The molecule has 0 N–H and O–H groups in total. The quantitative estimate of drug-likeness (QED) is 0.432. The van der Waals surface area contributed by atoms with Gasteiger partial charge in [0.1, 0.15) is 6.54 Å². The van der Waals surface area contributed by atoms with Crippen LogP contribution in [0.1, 0.15) is 38.8 Å². The van der Waals surface area contributed by atoms with Crippen molar-refractivity contribution < 1.29 is 14.3 Å². The van der Waals surface area contributed by atoms with Crippen molar-refractivity contribution in [3.63, 3.8) is 0 Å². The summed E-state index contributed by atoms with van der Waals surface area (Å²) in [4.78, 5) is 29.3. The van der Waals surface area contributed by atoms with Gasteiger partial charge in [0.25, 0.3) is 11.8 Å². The van der Waals surface area contributed by atoms with Crippen LogP contribution in [-0.2, 0) is 9.53 Å². The van der Waals surface area contributed by atoms with Crippen LogP contribution in [-0.4, -0.2) is 54.2 Å². The standard InChI is InChI=1S/C26H26ClN3O3S/c1-18-9-11-19(12-10-18)23-16-22(24-8-5-15-34-24)28-30(23)25(31)17-29(13-14-33-2)26(32)20-6-3-4-7-21(20)27/h3-12,15,23H,13-14,16-17H2,1-2H3/t23-/m1/s1. The lowest BCUT2D eigenvalue weighted by molar-refractivity contribution is -0.133. The molecule has 4 rings (SSSR count). The highest BCUT2D eigenvalue weighted by molar-refractivity contribution is 7.12. The number of nitrogens with zero attached hydrogens (tertiary/aromatic N) is 3. The summed E-state index contributed by atoms with van der Waals surface area (Å²) >= 11 is 7.86. The maximum atomic E-state index is 13.6. The van der Waals surface area contributed by atoms with E-state index < -0.39 is 0 Å². The number of aryl methyl sites for hydroxylation is 1. The molecule has 0 radical (unpaired) electrons. The summed E-state index contributed by atoms with van der Waals surface area (Å²) in [5.74, 6) is -0.571. The average molecular weight is 496 g/mol. The Kier molecular flexibility index (Phi) is 7.77. The highest BCUT2D eigenvalue weighted by Crippen LogP contribution is 2.34. The van der Waals surface area contributed by atoms with Gasteiger partial charge in [-0.15, -0.1) is 11.3 Å². The fourth-order valence-electron chi connectivity index (χ4n) is 3.87. The molecule has 0 saturated carbocycles. The van der Waals surface area contributed by atoms with Crippen LogP contribution in [0.4, 0.5) is 0 Å². The van der Waals surface area contributed by atoms with E-state index in [0.717, 1.165) is 21.7 Å². The van der Waals surface area contributed by atoms with Gasteiger partial charge in [-0.2, -0.15) is 5.10 Å². The summed E-state index contributed by atoms with van der Waals surface area (Å²) in [5.41, 5.74) is 3.38. The number of halogens is 1. The first-order chi connectivity index (χ1) is 16.5. The highest BCUT2D eigenvalue weighted by atomic mass is 35.5. The first-order valence-electron chi connectivity index (χ1n) is 11.0. The molecule has 176 valence electrons. The third-order valence-electron chi connectivity index (χ3n) is 5.72. The molecule has 1 aliphatic rings. The Bertz CT molecular complexity index is 1180. The van der Waals surface area contributed by atoms with E-state index in [-0.39, 0.29) is 30.9 Å². The van der Waals surface area contributed by atoms with Gasteiger partial charge >= 0.3 is 0 Å². The lowest BCUT2D eigenvalue weighted by atomic mass is 10.00. The van der Waals surface area contributed by atoms with E-state index in [4.69, 9.17) is 21.4 Å². The smallest absolute Gasteiger partial charge is 0.262 e. The molecule has 0 spiro atoms. The number of ether oxygens (including phenoxy) is 1. The molecule has 2 amide bonds. The van der Waals surface area contributed by atoms with Crippen molar-refractivity contribution in [3.05, 3.63) is 92.6 Å². The van der Waals surface area contributed by atoms with Crippen molar-refractivity contribution in [2.45, 2.75) is 19.4 Å². The Labute approximate surface area is 208 Å². The van der Waals surface area contributed by atoms with E-state index in [2.05, 4.69) is 0 Å². The number of benzene rings is 2. The number of carbonyl (C=O) groups is 2. The zero-order valence-electron chi connectivity index (χ0n) is 19.1. The summed E-state index contributed by atoms with van der Waals surface area (Å²) in [7, 11) is 1.56. The van der Waals surface area contributed by atoms with Crippen molar-refractivity contribution in [3.8, 4) is 0 Å². The van der Waals surface area contributed by atoms with E-state index in [0.29, 0.717) is 23.6 Å². The zero-order chi connectivity index (χ0) is 24.1. The Morgan fingerprint density at radius 3 is 2.59 bits per heavy atom. The Hall–Kier alpha value is -3.00. The van der Waals surface area contributed by atoms with Gasteiger partial charge < -0.3 is 9.64 Å². The molecule has 8 heteroatoms. The zero-order valence-corrected chi connectivity index (χ0v) is 20.7. The summed E-state index contributed by atoms with van der Waals surface area (Å²) in [6, 6.07) is 18.7. The minimum Gasteiger partial charge on any atom is -0.383 e. The maximum Gasteiger partial charge on any atom is 0.262 e. The van der Waals surface area contributed by atoms with Crippen LogP contribution in [0.15, 0.2) is 71.1 Å². The molecule has 0 unspecified atom stereocenters. The van der Waals surface area contributed by atoms with E-state index >= 15 is 0 Å². The van der Waals surface area contributed by atoms with Crippen LogP contribution in [0.2, 0.25) is 5.02 Å². The number of thiophene rings is 1.